The lowest BCUT2D eigenvalue weighted by Crippen LogP contribution is -2.29. The van der Waals surface area contributed by atoms with Crippen molar-refractivity contribution in [1.29, 1.82) is 0 Å². The first-order valence-corrected chi connectivity index (χ1v) is 3.95. The van der Waals surface area contributed by atoms with Crippen LogP contribution in [0.2, 0.25) is 0 Å². The first-order valence-electron chi connectivity index (χ1n) is 2.91. The Kier molecular flexibility index (Phi) is 4.01. The fraction of sp³-hybridized carbons (Fsp3) is 1.00. The maximum Gasteiger partial charge on any atom is 0.0209 e. The van der Waals surface area contributed by atoms with Gasteiger partial charge in [-0.15, -0.1) is 0 Å². The molecule has 0 aliphatic carbocycles. The van der Waals surface area contributed by atoms with E-state index in [1.807, 2.05) is 13.8 Å². The van der Waals surface area contributed by atoms with Gasteiger partial charge >= 0.3 is 0 Å². The molecule has 0 amide bonds. The van der Waals surface area contributed by atoms with E-state index in [0.29, 0.717) is 0 Å². The zero-order valence-corrected chi connectivity index (χ0v) is 6.77. The fourth-order valence-corrected chi connectivity index (χ4v) is 0.847. The van der Waals surface area contributed by atoms with Crippen LogP contribution in [-0.2, 0) is 11.3 Å². The van der Waals surface area contributed by atoms with Crippen LogP contribution < -0.4 is 0 Å². The van der Waals surface area contributed by atoms with Crippen molar-refractivity contribution in [3.05, 3.63) is 0 Å². The summed E-state index contributed by atoms with van der Waals surface area (Å²) in [5.41, 5.74) is 0. The Bertz CT molecular complexity index is 107. The summed E-state index contributed by atoms with van der Waals surface area (Å²) >= 11 is -2.06. The quantitative estimate of drug-likeness (QED) is 0.550. The third-order valence-corrected chi connectivity index (χ3v) is 2.28. The molecule has 9 heavy (non-hydrogen) atoms. The first kappa shape index (κ1) is 9.07. The van der Waals surface area contributed by atoms with Gasteiger partial charge in [0, 0.05) is 17.3 Å². The molecule has 0 saturated heterocycles. The van der Waals surface area contributed by atoms with Crippen LogP contribution in [-0.4, -0.2) is 26.2 Å². The minimum atomic E-state index is -2.06. The molecule has 0 saturated carbocycles. The zero-order chi connectivity index (χ0) is 7.44. The SMILES string of the molecule is CCC(C)N(C)S(=O)[O-]. The van der Waals surface area contributed by atoms with Gasteiger partial charge in [-0.1, -0.05) is 6.92 Å². The highest BCUT2D eigenvalue weighted by Crippen LogP contribution is 2.00. The molecule has 0 fully saturated rings. The highest BCUT2D eigenvalue weighted by Gasteiger charge is 2.04. The monoisotopic (exact) mass is 150 g/mol. The lowest BCUT2D eigenvalue weighted by atomic mass is 10.3. The molecule has 0 aromatic heterocycles. The fourth-order valence-electron chi connectivity index (χ4n) is 0.404. The summed E-state index contributed by atoms with van der Waals surface area (Å²) in [6.07, 6.45) is 0.852. The lowest BCUT2D eigenvalue weighted by Gasteiger charge is -2.24. The summed E-state index contributed by atoms with van der Waals surface area (Å²) in [5.74, 6) is 0. The molecule has 0 radical (unpaired) electrons. The van der Waals surface area contributed by atoms with Gasteiger partial charge in [0.25, 0.3) is 0 Å². The molecule has 0 aromatic rings. The molecule has 3 nitrogen and oxygen atoms in total. The molecule has 4 heteroatoms. The summed E-state index contributed by atoms with van der Waals surface area (Å²) in [7, 11) is 1.57. The van der Waals surface area contributed by atoms with Gasteiger partial charge in [0.1, 0.15) is 0 Å². The highest BCUT2D eigenvalue weighted by molar-refractivity contribution is 7.76. The van der Waals surface area contributed by atoms with E-state index in [2.05, 4.69) is 0 Å². The van der Waals surface area contributed by atoms with Gasteiger partial charge in [0.15, 0.2) is 0 Å². The molecule has 0 bridgehead atoms. The number of hydrogen-bond donors (Lipinski definition) is 0. The van der Waals surface area contributed by atoms with E-state index in [1.54, 1.807) is 7.05 Å². The second-order valence-electron chi connectivity index (χ2n) is 2.02. The second kappa shape index (κ2) is 3.98. The zero-order valence-electron chi connectivity index (χ0n) is 5.96. The van der Waals surface area contributed by atoms with E-state index in [9.17, 15) is 8.76 Å². The van der Waals surface area contributed by atoms with Crippen LogP contribution in [0, 0.1) is 0 Å². The third-order valence-electron chi connectivity index (χ3n) is 1.45. The molecular formula is C5H12NO2S-. The lowest BCUT2D eigenvalue weighted by molar-refractivity contribution is 0.362. The summed E-state index contributed by atoms with van der Waals surface area (Å²) < 4.78 is 21.8. The first-order chi connectivity index (χ1) is 4.09. The molecule has 2 atom stereocenters. The molecule has 0 heterocycles. The van der Waals surface area contributed by atoms with E-state index in [4.69, 9.17) is 0 Å². The molecular weight excluding hydrogens is 138 g/mol. The van der Waals surface area contributed by atoms with E-state index < -0.39 is 11.3 Å². The van der Waals surface area contributed by atoms with Gasteiger partial charge in [-0.2, -0.15) is 0 Å². The van der Waals surface area contributed by atoms with Crippen LogP contribution in [0.3, 0.4) is 0 Å². The van der Waals surface area contributed by atoms with Gasteiger partial charge in [-0.25, -0.2) is 4.31 Å². The predicted octanol–water partition coefficient (Wildman–Crippen LogP) is 0.511. The Hall–Kier alpha value is 0.0700. The van der Waals surface area contributed by atoms with E-state index >= 15 is 0 Å². The Morgan fingerprint density at radius 2 is 2.22 bits per heavy atom. The van der Waals surface area contributed by atoms with Crippen molar-refractivity contribution in [2.24, 2.45) is 0 Å². The van der Waals surface area contributed by atoms with Crippen LogP contribution >= 0.6 is 0 Å². The summed E-state index contributed by atoms with van der Waals surface area (Å²) in [6, 6.07) is 0.114. The highest BCUT2D eigenvalue weighted by atomic mass is 32.2. The van der Waals surface area contributed by atoms with Crippen molar-refractivity contribution in [3.63, 3.8) is 0 Å². The summed E-state index contributed by atoms with van der Waals surface area (Å²) in [6.45, 7) is 3.82. The Labute approximate surface area is 58.5 Å². The number of hydrogen-bond acceptors (Lipinski definition) is 2. The molecule has 0 N–H and O–H groups in total. The van der Waals surface area contributed by atoms with Gasteiger partial charge in [-0.3, -0.25) is 4.21 Å². The molecule has 0 aromatic carbocycles. The molecule has 0 spiro atoms. The average molecular weight is 150 g/mol. The van der Waals surface area contributed by atoms with E-state index in [-0.39, 0.29) is 6.04 Å². The van der Waals surface area contributed by atoms with Crippen LogP contribution in [0.25, 0.3) is 0 Å². The molecule has 2 unspecified atom stereocenters. The van der Waals surface area contributed by atoms with E-state index in [0.717, 1.165) is 6.42 Å². The predicted molar refractivity (Wildman–Crippen MR) is 36.4 cm³/mol. The van der Waals surface area contributed by atoms with Crippen LogP contribution in [0.15, 0.2) is 0 Å². The largest absolute Gasteiger partial charge is 0.760 e. The van der Waals surface area contributed by atoms with Gasteiger partial charge in [0.2, 0.25) is 0 Å². The van der Waals surface area contributed by atoms with Crippen molar-refractivity contribution in [2.75, 3.05) is 7.05 Å². The minimum Gasteiger partial charge on any atom is -0.760 e. The number of rotatable bonds is 3. The topological polar surface area (TPSA) is 43.4 Å². The van der Waals surface area contributed by atoms with Crippen molar-refractivity contribution in [2.45, 2.75) is 26.3 Å². The van der Waals surface area contributed by atoms with Crippen molar-refractivity contribution in [1.82, 2.24) is 4.31 Å². The van der Waals surface area contributed by atoms with Gasteiger partial charge in [0.05, 0.1) is 0 Å². The van der Waals surface area contributed by atoms with Crippen molar-refractivity contribution < 1.29 is 8.76 Å². The van der Waals surface area contributed by atoms with Crippen LogP contribution in [0.5, 0.6) is 0 Å². The maximum absolute atomic E-state index is 10.2. The molecule has 0 rings (SSSR count). The third kappa shape index (κ3) is 2.93. The van der Waals surface area contributed by atoms with E-state index in [1.165, 1.54) is 4.31 Å². The van der Waals surface area contributed by atoms with Crippen LogP contribution in [0.4, 0.5) is 0 Å². The minimum absolute atomic E-state index is 0.114. The molecule has 56 valence electrons. The average Bonchev–Trinajstić information content (AvgIpc) is 1.84. The Morgan fingerprint density at radius 3 is 2.33 bits per heavy atom. The van der Waals surface area contributed by atoms with Gasteiger partial charge < -0.3 is 4.55 Å². The second-order valence-corrected chi connectivity index (χ2v) is 3.03. The number of nitrogens with zero attached hydrogens (tertiary/aromatic N) is 1. The maximum atomic E-state index is 10.2. The Balaban J connectivity index is 3.72. The van der Waals surface area contributed by atoms with Gasteiger partial charge in [-0.05, 0) is 20.4 Å². The molecule has 0 aliphatic heterocycles. The smallest absolute Gasteiger partial charge is 0.0209 e. The van der Waals surface area contributed by atoms with Crippen LogP contribution in [0.1, 0.15) is 20.3 Å². The summed E-state index contributed by atoms with van der Waals surface area (Å²) in [4.78, 5) is 0. The summed E-state index contributed by atoms with van der Waals surface area (Å²) in [5, 5.41) is 0. The van der Waals surface area contributed by atoms with Crippen molar-refractivity contribution in [3.8, 4) is 0 Å². The molecule has 0 aliphatic rings. The Morgan fingerprint density at radius 1 is 1.78 bits per heavy atom. The normalized spacial score (nSPS) is 17.9. The van der Waals surface area contributed by atoms with Crippen molar-refractivity contribution >= 4 is 11.3 Å². The standard InChI is InChI=1S/C5H13NO2S/c1-4-5(2)6(3)9(7)8/h5H,4H2,1-3H3,(H,7,8)/p-1.